The molecule has 1 aliphatic heterocycles. The Morgan fingerprint density at radius 2 is 2.09 bits per heavy atom. The molecular formula is C20H29NO2. The Hall–Kier alpha value is -1.51. The Kier molecular flexibility index (Phi) is 4.39. The van der Waals surface area contributed by atoms with Gasteiger partial charge in [-0.25, -0.2) is 0 Å². The Bertz CT molecular complexity index is 589. The van der Waals surface area contributed by atoms with Crippen LogP contribution < -0.4 is 9.64 Å². The molecule has 1 aliphatic carbocycles. The van der Waals surface area contributed by atoms with E-state index in [0.717, 1.165) is 18.0 Å². The second-order valence-electron chi connectivity index (χ2n) is 7.74. The smallest absolute Gasteiger partial charge is 0.270 e. The van der Waals surface area contributed by atoms with Crippen molar-refractivity contribution in [2.24, 2.45) is 5.92 Å². The van der Waals surface area contributed by atoms with Gasteiger partial charge in [-0.3, -0.25) is 4.79 Å². The van der Waals surface area contributed by atoms with E-state index in [4.69, 9.17) is 4.74 Å². The van der Waals surface area contributed by atoms with Crippen molar-refractivity contribution in [3.05, 3.63) is 23.8 Å². The molecular weight excluding hydrogens is 286 g/mol. The Morgan fingerprint density at radius 1 is 1.35 bits per heavy atom. The first-order chi connectivity index (χ1) is 10.9. The van der Waals surface area contributed by atoms with E-state index < -0.39 is 5.60 Å². The first kappa shape index (κ1) is 16.4. The van der Waals surface area contributed by atoms with Crippen LogP contribution in [0.15, 0.2) is 18.2 Å². The molecule has 0 aromatic heterocycles. The largest absolute Gasteiger partial charge is 0.476 e. The molecule has 3 nitrogen and oxygen atoms in total. The molecule has 1 heterocycles. The fourth-order valence-corrected chi connectivity index (χ4v) is 3.31. The van der Waals surface area contributed by atoms with Gasteiger partial charge >= 0.3 is 0 Å². The van der Waals surface area contributed by atoms with Gasteiger partial charge in [0.05, 0.1) is 5.69 Å². The zero-order chi connectivity index (χ0) is 16.6. The molecule has 1 saturated carbocycles. The summed E-state index contributed by atoms with van der Waals surface area (Å²) in [5.74, 6) is 2.16. The minimum Gasteiger partial charge on any atom is -0.476 e. The summed E-state index contributed by atoms with van der Waals surface area (Å²) in [5, 5.41) is 0. The van der Waals surface area contributed by atoms with E-state index in [2.05, 4.69) is 32.0 Å². The number of unbranched alkanes of at least 4 members (excludes halogenated alkanes) is 1. The predicted octanol–water partition coefficient (Wildman–Crippen LogP) is 4.89. The first-order valence-electron chi connectivity index (χ1n) is 9.07. The summed E-state index contributed by atoms with van der Waals surface area (Å²) in [4.78, 5) is 14.7. The van der Waals surface area contributed by atoms with E-state index in [1.165, 1.54) is 37.7 Å². The van der Waals surface area contributed by atoms with Crippen LogP contribution in [0.25, 0.3) is 0 Å². The summed E-state index contributed by atoms with van der Waals surface area (Å²) in [5.41, 5.74) is 1.49. The maximum atomic E-state index is 12.7. The van der Waals surface area contributed by atoms with Gasteiger partial charge in [-0.2, -0.15) is 0 Å². The van der Waals surface area contributed by atoms with E-state index >= 15 is 0 Å². The lowest BCUT2D eigenvalue weighted by molar-refractivity contribution is -0.132. The minimum atomic E-state index is -0.771. The molecule has 0 spiro atoms. The average Bonchev–Trinajstić information content (AvgIpc) is 3.32. The summed E-state index contributed by atoms with van der Waals surface area (Å²) in [6, 6.07) is 6.42. The van der Waals surface area contributed by atoms with Gasteiger partial charge in [0.1, 0.15) is 5.75 Å². The first-order valence-corrected chi connectivity index (χ1v) is 9.07. The second-order valence-corrected chi connectivity index (χ2v) is 7.74. The van der Waals surface area contributed by atoms with Crippen molar-refractivity contribution in [3.8, 4) is 5.75 Å². The standard InChI is InChI=1S/C20H29NO2/c1-5-6-7-14(2)16-10-11-17-18(12-16)23-20(3,4)19(22)21(17)13-15-8-9-15/h10-12,14-15H,5-9,13H2,1-4H3. The second kappa shape index (κ2) is 6.18. The number of fused-ring (bicyclic) bond motifs is 1. The SMILES string of the molecule is CCCCC(C)c1ccc2c(c1)OC(C)(C)C(=O)N2CC1CC1. The third kappa shape index (κ3) is 3.39. The summed E-state index contributed by atoms with van der Waals surface area (Å²) in [6.45, 7) is 9.10. The summed E-state index contributed by atoms with van der Waals surface area (Å²) in [6.07, 6.45) is 6.15. The number of rotatable bonds is 6. The fourth-order valence-electron chi connectivity index (χ4n) is 3.31. The van der Waals surface area contributed by atoms with Crippen LogP contribution in [0.1, 0.15) is 71.3 Å². The number of hydrogen-bond acceptors (Lipinski definition) is 2. The summed E-state index contributed by atoms with van der Waals surface area (Å²) >= 11 is 0. The van der Waals surface area contributed by atoms with E-state index in [1.807, 2.05) is 18.7 Å². The number of hydrogen-bond donors (Lipinski definition) is 0. The van der Waals surface area contributed by atoms with Crippen molar-refractivity contribution >= 4 is 11.6 Å². The zero-order valence-electron chi connectivity index (χ0n) is 14.9. The zero-order valence-corrected chi connectivity index (χ0v) is 14.9. The number of benzene rings is 1. The molecule has 0 radical (unpaired) electrons. The monoisotopic (exact) mass is 315 g/mol. The fraction of sp³-hybridized carbons (Fsp3) is 0.650. The number of carbonyl (C=O) groups is 1. The minimum absolute atomic E-state index is 0.0867. The van der Waals surface area contributed by atoms with Crippen LogP contribution in [0.3, 0.4) is 0 Å². The van der Waals surface area contributed by atoms with Crippen LogP contribution in [0.2, 0.25) is 0 Å². The van der Waals surface area contributed by atoms with Gasteiger partial charge in [0.15, 0.2) is 5.60 Å². The highest BCUT2D eigenvalue weighted by Gasteiger charge is 2.42. The third-order valence-corrected chi connectivity index (χ3v) is 5.10. The van der Waals surface area contributed by atoms with Gasteiger partial charge in [-0.05, 0) is 62.6 Å². The molecule has 23 heavy (non-hydrogen) atoms. The van der Waals surface area contributed by atoms with Gasteiger partial charge in [0.25, 0.3) is 5.91 Å². The predicted molar refractivity (Wildman–Crippen MR) is 94.2 cm³/mol. The number of carbonyl (C=O) groups excluding carboxylic acids is 1. The number of anilines is 1. The van der Waals surface area contributed by atoms with Crippen LogP contribution in [0.4, 0.5) is 5.69 Å². The van der Waals surface area contributed by atoms with E-state index in [-0.39, 0.29) is 5.91 Å². The van der Waals surface area contributed by atoms with E-state index in [9.17, 15) is 4.79 Å². The Labute approximate surface area is 140 Å². The topological polar surface area (TPSA) is 29.5 Å². The number of ether oxygens (including phenoxy) is 1. The summed E-state index contributed by atoms with van der Waals surface area (Å²) < 4.78 is 6.07. The highest BCUT2D eigenvalue weighted by Crippen LogP contribution is 2.42. The van der Waals surface area contributed by atoms with Gasteiger partial charge in [0.2, 0.25) is 0 Å². The van der Waals surface area contributed by atoms with E-state index in [0.29, 0.717) is 11.8 Å². The van der Waals surface area contributed by atoms with Crippen LogP contribution in [-0.2, 0) is 4.79 Å². The molecule has 1 fully saturated rings. The molecule has 2 aliphatic rings. The molecule has 1 atom stereocenters. The van der Waals surface area contributed by atoms with Crippen molar-refractivity contribution in [2.45, 2.75) is 71.3 Å². The van der Waals surface area contributed by atoms with Crippen LogP contribution >= 0.6 is 0 Å². The average molecular weight is 315 g/mol. The molecule has 0 saturated heterocycles. The van der Waals surface area contributed by atoms with Gasteiger partial charge in [-0.15, -0.1) is 0 Å². The normalized spacial score (nSPS) is 20.9. The molecule has 1 unspecified atom stereocenters. The van der Waals surface area contributed by atoms with Gasteiger partial charge in [0, 0.05) is 6.54 Å². The highest BCUT2D eigenvalue weighted by molar-refractivity contribution is 6.02. The van der Waals surface area contributed by atoms with Crippen LogP contribution in [-0.4, -0.2) is 18.1 Å². The van der Waals surface area contributed by atoms with Crippen molar-refractivity contribution in [1.82, 2.24) is 0 Å². The maximum absolute atomic E-state index is 12.7. The van der Waals surface area contributed by atoms with Crippen molar-refractivity contribution in [3.63, 3.8) is 0 Å². The third-order valence-electron chi connectivity index (χ3n) is 5.10. The van der Waals surface area contributed by atoms with Crippen molar-refractivity contribution in [1.29, 1.82) is 0 Å². The highest BCUT2D eigenvalue weighted by atomic mass is 16.5. The molecule has 1 aromatic carbocycles. The van der Waals surface area contributed by atoms with Gasteiger partial charge < -0.3 is 9.64 Å². The number of amides is 1. The lowest BCUT2D eigenvalue weighted by atomic mass is 9.94. The van der Waals surface area contributed by atoms with Crippen LogP contribution in [0.5, 0.6) is 5.75 Å². The summed E-state index contributed by atoms with van der Waals surface area (Å²) in [7, 11) is 0. The molecule has 1 amide bonds. The maximum Gasteiger partial charge on any atom is 0.270 e. The molecule has 0 bridgehead atoms. The lowest BCUT2D eigenvalue weighted by Gasteiger charge is -2.39. The van der Waals surface area contributed by atoms with Crippen molar-refractivity contribution in [2.75, 3.05) is 11.4 Å². The number of nitrogens with zero attached hydrogens (tertiary/aromatic N) is 1. The van der Waals surface area contributed by atoms with Crippen molar-refractivity contribution < 1.29 is 9.53 Å². The lowest BCUT2D eigenvalue weighted by Crippen LogP contribution is -2.53. The van der Waals surface area contributed by atoms with Gasteiger partial charge in [-0.1, -0.05) is 32.8 Å². The molecule has 3 rings (SSSR count). The van der Waals surface area contributed by atoms with E-state index in [1.54, 1.807) is 0 Å². The molecule has 126 valence electrons. The molecule has 1 aromatic rings. The molecule has 3 heteroatoms. The van der Waals surface area contributed by atoms with Crippen LogP contribution in [0, 0.1) is 5.92 Å². The quantitative estimate of drug-likeness (QED) is 0.747. The Morgan fingerprint density at radius 3 is 2.74 bits per heavy atom. The molecule has 0 N–H and O–H groups in total. The Balaban J connectivity index is 1.89.